The van der Waals surface area contributed by atoms with Gasteiger partial charge in [0.15, 0.2) is 0 Å². The number of nitrogens with zero attached hydrogens (tertiary/aromatic N) is 2. The van der Waals surface area contributed by atoms with Crippen molar-refractivity contribution < 1.29 is 14.7 Å². The van der Waals surface area contributed by atoms with E-state index in [1.54, 1.807) is 0 Å². The van der Waals surface area contributed by atoms with Crippen molar-refractivity contribution in [2.45, 2.75) is 51.2 Å². The molecule has 2 amide bonds. The Bertz CT molecular complexity index is 931. The first-order valence-corrected chi connectivity index (χ1v) is 9.78. The summed E-state index contributed by atoms with van der Waals surface area (Å²) >= 11 is 0. The van der Waals surface area contributed by atoms with Crippen LogP contribution in [0.1, 0.15) is 47.3 Å². The molecule has 1 aromatic carbocycles. The van der Waals surface area contributed by atoms with Crippen LogP contribution in [0.5, 0.6) is 0 Å². The van der Waals surface area contributed by atoms with Gasteiger partial charge in [0.05, 0.1) is 18.3 Å². The van der Waals surface area contributed by atoms with Crippen molar-refractivity contribution >= 4 is 29.5 Å². The second-order valence-electron chi connectivity index (χ2n) is 7.48. The summed E-state index contributed by atoms with van der Waals surface area (Å²) in [7, 11) is 0. The van der Waals surface area contributed by atoms with Gasteiger partial charge in [-0.1, -0.05) is 30.5 Å². The average Bonchev–Trinajstić information content (AvgIpc) is 3.06. The first kappa shape index (κ1) is 19.0. The molecular weight excluding hydrogens is 372 g/mol. The third-order valence-electron chi connectivity index (χ3n) is 5.33. The molecule has 2 aromatic rings. The number of fused-ring (bicyclic) bond motifs is 1. The Kier molecular flexibility index (Phi) is 5.20. The van der Waals surface area contributed by atoms with Crippen LogP contribution in [0.4, 0.5) is 22.2 Å². The molecule has 5 N–H and O–H groups in total. The van der Waals surface area contributed by atoms with Gasteiger partial charge in [0, 0.05) is 11.7 Å². The second kappa shape index (κ2) is 7.94. The first-order valence-electron chi connectivity index (χ1n) is 9.78. The van der Waals surface area contributed by atoms with Crippen LogP contribution in [0.15, 0.2) is 24.3 Å². The molecule has 29 heavy (non-hydrogen) atoms. The number of rotatable bonds is 5. The van der Waals surface area contributed by atoms with Gasteiger partial charge >= 0.3 is 6.09 Å². The zero-order valence-corrected chi connectivity index (χ0v) is 16.2. The Balaban J connectivity index is 1.61. The van der Waals surface area contributed by atoms with E-state index in [-0.39, 0.29) is 18.0 Å². The van der Waals surface area contributed by atoms with Gasteiger partial charge in [-0.05, 0) is 31.9 Å². The second-order valence-corrected chi connectivity index (χ2v) is 7.48. The van der Waals surface area contributed by atoms with Crippen molar-refractivity contribution in [3.63, 3.8) is 0 Å². The maximum Gasteiger partial charge on any atom is 0.404 e. The molecule has 1 saturated carbocycles. The maximum atomic E-state index is 12.3. The van der Waals surface area contributed by atoms with Crippen LogP contribution >= 0.6 is 0 Å². The van der Waals surface area contributed by atoms with Gasteiger partial charge in [0.2, 0.25) is 5.95 Å². The molecule has 0 bridgehead atoms. The normalized spacial score (nSPS) is 20.5. The molecule has 2 aliphatic rings. The molecular formula is C20H24N6O3. The Hall–Kier alpha value is -3.36. The van der Waals surface area contributed by atoms with Crippen LogP contribution in [0, 0.1) is 6.92 Å². The third kappa shape index (κ3) is 4.23. The van der Waals surface area contributed by atoms with Gasteiger partial charge in [-0.15, -0.1) is 0 Å². The van der Waals surface area contributed by atoms with Crippen LogP contribution in [0.2, 0.25) is 0 Å². The fraction of sp³-hybridized carbons (Fsp3) is 0.400. The zero-order valence-electron chi connectivity index (χ0n) is 16.2. The van der Waals surface area contributed by atoms with Crippen molar-refractivity contribution in [1.82, 2.24) is 20.6 Å². The quantitative estimate of drug-likeness (QED) is 0.526. The van der Waals surface area contributed by atoms with Crippen molar-refractivity contribution in [3.8, 4) is 0 Å². The molecule has 4 rings (SSSR count). The van der Waals surface area contributed by atoms with E-state index in [0.29, 0.717) is 29.6 Å². The number of aromatic nitrogens is 2. The molecule has 0 unspecified atom stereocenters. The summed E-state index contributed by atoms with van der Waals surface area (Å²) < 4.78 is 0. The van der Waals surface area contributed by atoms with E-state index < -0.39 is 6.09 Å². The van der Waals surface area contributed by atoms with Crippen molar-refractivity contribution in [3.05, 3.63) is 41.1 Å². The number of hydrogen-bond donors (Lipinski definition) is 5. The number of carbonyl (C=O) groups is 2. The van der Waals surface area contributed by atoms with Crippen LogP contribution in [-0.4, -0.2) is 39.2 Å². The monoisotopic (exact) mass is 396 g/mol. The molecule has 2 atom stereocenters. The van der Waals surface area contributed by atoms with Crippen molar-refractivity contribution in [1.29, 1.82) is 0 Å². The summed E-state index contributed by atoms with van der Waals surface area (Å²) in [5.41, 5.74) is 3.03. The molecule has 152 valence electrons. The highest BCUT2D eigenvalue weighted by atomic mass is 16.4. The van der Waals surface area contributed by atoms with Crippen molar-refractivity contribution in [2.75, 3.05) is 10.6 Å². The number of aryl methyl sites for hydroxylation is 1. The zero-order chi connectivity index (χ0) is 20.4. The smallest absolute Gasteiger partial charge is 0.404 e. The van der Waals surface area contributed by atoms with Gasteiger partial charge in [-0.2, -0.15) is 4.98 Å². The fourth-order valence-corrected chi connectivity index (χ4v) is 3.86. The highest BCUT2D eigenvalue weighted by molar-refractivity contribution is 6.02. The molecule has 0 spiro atoms. The lowest BCUT2D eigenvalue weighted by Gasteiger charge is -2.32. The van der Waals surface area contributed by atoms with Crippen LogP contribution in [0.25, 0.3) is 0 Å². The Morgan fingerprint density at radius 1 is 1.14 bits per heavy atom. The number of benzene rings is 1. The number of carboxylic acid groups (broad SMARTS) is 1. The van der Waals surface area contributed by atoms with E-state index in [9.17, 15) is 9.59 Å². The molecule has 1 aliphatic carbocycles. The van der Waals surface area contributed by atoms with Gasteiger partial charge < -0.3 is 26.4 Å². The molecule has 1 aromatic heterocycles. The Morgan fingerprint density at radius 2 is 1.86 bits per heavy atom. The van der Waals surface area contributed by atoms with Gasteiger partial charge in [0.1, 0.15) is 11.4 Å². The summed E-state index contributed by atoms with van der Waals surface area (Å²) in [6.45, 7) is 2.35. The minimum atomic E-state index is -1.03. The number of anilines is 3. The van der Waals surface area contributed by atoms with E-state index in [1.807, 2.05) is 31.2 Å². The van der Waals surface area contributed by atoms with E-state index in [1.165, 1.54) is 0 Å². The summed E-state index contributed by atoms with van der Waals surface area (Å²) in [5, 5.41) is 21.0. The van der Waals surface area contributed by atoms with Gasteiger partial charge in [-0.25, -0.2) is 9.78 Å². The maximum absolute atomic E-state index is 12.3. The van der Waals surface area contributed by atoms with E-state index in [4.69, 9.17) is 5.11 Å². The fourth-order valence-electron chi connectivity index (χ4n) is 3.86. The largest absolute Gasteiger partial charge is 0.465 e. The number of nitrogens with one attached hydrogen (secondary N) is 4. The molecule has 9 heteroatoms. The SMILES string of the molecule is Cc1ccc(Nc2nc(N[C@@H]3CCCC[C@@H]3NC(=O)O)nc3c2C(=O)NC3)cc1. The van der Waals surface area contributed by atoms with Crippen LogP contribution in [0.3, 0.4) is 0 Å². The molecule has 9 nitrogen and oxygen atoms in total. The highest BCUT2D eigenvalue weighted by Crippen LogP contribution is 2.28. The molecule has 1 aliphatic heterocycles. The average molecular weight is 396 g/mol. The lowest BCUT2D eigenvalue weighted by atomic mass is 9.90. The van der Waals surface area contributed by atoms with Crippen LogP contribution < -0.4 is 21.3 Å². The Labute approximate surface area is 168 Å². The van der Waals surface area contributed by atoms with Crippen molar-refractivity contribution in [2.24, 2.45) is 0 Å². The molecule has 2 heterocycles. The number of carbonyl (C=O) groups excluding carboxylic acids is 1. The lowest BCUT2D eigenvalue weighted by molar-refractivity contribution is 0.0966. The standard InChI is InChI=1S/C20H24N6O3/c1-11-6-8-12(9-7-11)22-17-16-15(10-21-18(16)27)24-19(26-17)23-13-4-2-3-5-14(13)25-20(28)29/h6-9,13-14,25H,2-5,10H2,1H3,(H,21,27)(H,28,29)(H2,22,23,24,26)/t13-,14+/m1/s1. The highest BCUT2D eigenvalue weighted by Gasteiger charge is 2.30. The predicted octanol–water partition coefficient (Wildman–Crippen LogP) is 2.76. The van der Waals surface area contributed by atoms with Crippen LogP contribution in [-0.2, 0) is 6.54 Å². The van der Waals surface area contributed by atoms with E-state index >= 15 is 0 Å². The van der Waals surface area contributed by atoms with E-state index in [2.05, 4.69) is 31.2 Å². The summed E-state index contributed by atoms with van der Waals surface area (Å²) in [4.78, 5) is 32.4. The minimum Gasteiger partial charge on any atom is -0.465 e. The summed E-state index contributed by atoms with van der Waals surface area (Å²) in [6, 6.07) is 7.51. The number of hydrogen-bond acceptors (Lipinski definition) is 6. The summed E-state index contributed by atoms with van der Waals surface area (Å²) in [6.07, 6.45) is 2.55. The van der Waals surface area contributed by atoms with Gasteiger partial charge in [-0.3, -0.25) is 4.79 Å². The van der Waals surface area contributed by atoms with Gasteiger partial charge in [0.25, 0.3) is 5.91 Å². The summed E-state index contributed by atoms with van der Waals surface area (Å²) in [5.74, 6) is 0.623. The molecule has 0 saturated heterocycles. The third-order valence-corrected chi connectivity index (χ3v) is 5.33. The topological polar surface area (TPSA) is 128 Å². The molecule has 0 radical (unpaired) electrons. The predicted molar refractivity (Wildman–Crippen MR) is 108 cm³/mol. The lowest BCUT2D eigenvalue weighted by Crippen LogP contribution is -2.48. The van der Waals surface area contributed by atoms with E-state index in [0.717, 1.165) is 36.9 Å². The molecule has 1 fully saturated rings. The minimum absolute atomic E-state index is 0.102. The number of amides is 2. The Morgan fingerprint density at radius 3 is 2.59 bits per heavy atom. The first-order chi connectivity index (χ1) is 14.0.